The Bertz CT molecular complexity index is 361. The third-order valence-corrected chi connectivity index (χ3v) is 0.776. The fraction of sp³-hybridized carbons (Fsp3) is 0.273. The second-order valence-corrected chi connectivity index (χ2v) is 1.62. The van der Waals surface area contributed by atoms with Gasteiger partial charge in [0.15, 0.2) is 24.4 Å². The number of aliphatic hydroxyl groups excluding tert-OH is 2. The highest BCUT2D eigenvalue weighted by Crippen LogP contribution is 1.77. The average Bonchev–Trinajstić information content (AvgIpc) is 2.34. The number of ether oxygens (including phenoxy) is 3. The van der Waals surface area contributed by atoms with Crippen LogP contribution in [0.3, 0.4) is 0 Å². The van der Waals surface area contributed by atoms with Crippen molar-refractivity contribution in [2.75, 3.05) is 13.7 Å². The molecule has 16 heavy (non-hydrogen) atoms. The standard InChI is InChI=1S/C10H6O4.CH4O/c1-2-12-7-8-14-10-9-13-6-4-3-5-11;1-2/h1,11H,4,6H2;2H,1H3. The Kier molecular flexibility index (Phi) is 18.1. The van der Waals surface area contributed by atoms with Gasteiger partial charge in [-0.2, -0.15) is 0 Å². The van der Waals surface area contributed by atoms with Gasteiger partial charge in [0, 0.05) is 13.5 Å². The average molecular weight is 222 g/mol. The summed E-state index contributed by atoms with van der Waals surface area (Å²) in [5.74, 6) is 2.37. The highest BCUT2D eigenvalue weighted by molar-refractivity contribution is 4.93. The molecule has 2 N–H and O–H groups in total. The summed E-state index contributed by atoms with van der Waals surface area (Å²) in [6.45, 7) is 0.276. The third kappa shape index (κ3) is 17.5. The van der Waals surface area contributed by atoms with Crippen LogP contribution in [0, 0.1) is 49.0 Å². The van der Waals surface area contributed by atoms with Crippen LogP contribution < -0.4 is 0 Å². The smallest absolute Gasteiger partial charge is 0.175 e. The van der Waals surface area contributed by atoms with Gasteiger partial charge in [0.2, 0.25) is 0 Å². The Hall–Kier alpha value is -2.60. The van der Waals surface area contributed by atoms with E-state index >= 15 is 0 Å². The first-order chi connectivity index (χ1) is 7.91. The fourth-order valence-corrected chi connectivity index (χ4v) is 0.356. The van der Waals surface area contributed by atoms with Crippen LogP contribution in [0.25, 0.3) is 0 Å². The lowest BCUT2D eigenvalue weighted by Crippen LogP contribution is -1.84. The minimum absolute atomic E-state index is 0.276. The molecule has 0 bridgehead atoms. The molecule has 5 nitrogen and oxygen atoms in total. The van der Waals surface area contributed by atoms with Gasteiger partial charge in [-0.15, -0.1) is 0 Å². The Labute approximate surface area is 94.3 Å². The molecule has 0 aliphatic carbocycles. The molecular weight excluding hydrogens is 212 g/mol. The van der Waals surface area contributed by atoms with Gasteiger partial charge in [-0.1, -0.05) is 12.3 Å². The maximum Gasteiger partial charge on any atom is 0.175 e. The van der Waals surface area contributed by atoms with E-state index in [1.807, 2.05) is 12.2 Å². The zero-order valence-corrected chi connectivity index (χ0v) is 8.61. The van der Waals surface area contributed by atoms with Gasteiger partial charge < -0.3 is 24.4 Å². The minimum atomic E-state index is 0.276. The molecule has 0 aromatic rings. The van der Waals surface area contributed by atoms with Gasteiger partial charge >= 0.3 is 0 Å². The largest absolute Gasteiger partial charge is 0.462 e. The molecule has 84 valence electrons. The van der Waals surface area contributed by atoms with Gasteiger partial charge in [-0.25, -0.2) is 0 Å². The maximum atomic E-state index is 8.06. The highest BCUT2D eigenvalue weighted by Gasteiger charge is 1.77. The van der Waals surface area contributed by atoms with Gasteiger partial charge in [-0.3, -0.25) is 0 Å². The van der Waals surface area contributed by atoms with Crippen LogP contribution in [0.1, 0.15) is 6.42 Å². The Morgan fingerprint density at radius 3 is 2.31 bits per heavy atom. The number of hydrogen-bond donors (Lipinski definition) is 2. The molecule has 0 atom stereocenters. The van der Waals surface area contributed by atoms with Gasteiger partial charge in [0.05, 0.1) is 0 Å². The van der Waals surface area contributed by atoms with Crippen LogP contribution in [0.4, 0.5) is 0 Å². The molecule has 0 aliphatic rings. The number of rotatable bonds is 2. The summed E-state index contributed by atoms with van der Waals surface area (Å²) in [6, 6.07) is 0. The molecule has 0 amide bonds. The second-order valence-electron chi connectivity index (χ2n) is 1.62. The van der Waals surface area contributed by atoms with E-state index in [1.54, 1.807) is 6.11 Å². The van der Waals surface area contributed by atoms with Crippen molar-refractivity contribution in [1.29, 1.82) is 0 Å². The summed E-state index contributed by atoms with van der Waals surface area (Å²) in [5, 5.41) is 15.1. The summed E-state index contributed by atoms with van der Waals surface area (Å²) in [6.07, 6.45) is 17.0. The van der Waals surface area contributed by atoms with E-state index in [2.05, 4.69) is 33.7 Å². The Morgan fingerprint density at radius 1 is 1.06 bits per heavy atom. The Morgan fingerprint density at radius 2 is 1.69 bits per heavy atom. The predicted molar refractivity (Wildman–Crippen MR) is 55.0 cm³/mol. The zero-order chi connectivity index (χ0) is 12.5. The monoisotopic (exact) mass is 222 g/mol. The number of hydrogen-bond acceptors (Lipinski definition) is 5. The van der Waals surface area contributed by atoms with Crippen LogP contribution in [0.5, 0.6) is 0 Å². The lowest BCUT2D eigenvalue weighted by Gasteiger charge is -1.87. The molecule has 5 heteroatoms. The summed E-state index contributed by atoms with van der Waals surface area (Å²) in [5.41, 5.74) is 0. The van der Waals surface area contributed by atoms with Crippen LogP contribution in [0.2, 0.25) is 0 Å². The Balaban J connectivity index is 0. The number of terminal acetylenes is 1. The van der Waals surface area contributed by atoms with Crippen molar-refractivity contribution in [3.05, 3.63) is 0 Å². The van der Waals surface area contributed by atoms with E-state index in [1.165, 1.54) is 0 Å². The van der Waals surface area contributed by atoms with Crippen LogP contribution in [-0.2, 0) is 14.2 Å². The first-order valence-electron chi connectivity index (χ1n) is 3.87. The van der Waals surface area contributed by atoms with Crippen LogP contribution in [0.15, 0.2) is 0 Å². The highest BCUT2D eigenvalue weighted by atomic mass is 16.5. The number of aliphatic hydroxyl groups is 2. The molecule has 0 spiro atoms. The van der Waals surface area contributed by atoms with E-state index in [9.17, 15) is 0 Å². The molecule has 0 heterocycles. The van der Waals surface area contributed by atoms with Crippen molar-refractivity contribution in [3.63, 3.8) is 0 Å². The molecule has 0 saturated heterocycles. The first kappa shape index (κ1) is 15.9. The molecule has 0 fully saturated rings. The van der Waals surface area contributed by atoms with E-state index < -0.39 is 0 Å². The van der Waals surface area contributed by atoms with Crippen molar-refractivity contribution >= 4 is 0 Å². The second kappa shape index (κ2) is 18.2. The summed E-state index contributed by atoms with van der Waals surface area (Å²) in [7, 11) is 1.00. The lowest BCUT2D eigenvalue weighted by atomic mass is 10.5. The summed E-state index contributed by atoms with van der Waals surface area (Å²) in [4.78, 5) is 0. The van der Waals surface area contributed by atoms with Crippen LogP contribution >= 0.6 is 0 Å². The fourth-order valence-electron chi connectivity index (χ4n) is 0.356. The van der Waals surface area contributed by atoms with Gasteiger partial charge in [-0.05, 0) is 0 Å². The molecule has 0 rings (SSSR count). The van der Waals surface area contributed by atoms with E-state index in [4.69, 9.17) is 21.4 Å². The lowest BCUT2D eigenvalue weighted by molar-refractivity contribution is 0.280. The van der Waals surface area contributed by atoms with Crippen LogP contribution in [-0.4, -0.2) is 23.9 Å². The van der Waals surface area contributed by atoms with Crippen molar-refractivity contribution in [2.24, 2.45) is 0 Å². The van der Waals surface area contributed by atoms with E-state index in [0.29, 0.717) is 6.42 Å². The minimum Gasteiger partial charge on any atom is -0.462 e. The molecule has 0 radical (unpaired) electrons. The molecular formula is C11H10O5. The molecule has 0 unspecified atom stereocenters. The summed E-state index contributed by atoms with van der Waals surface area (Å²) >= 11 is 0. The van der Waals surface area contributed by atoms with E-state index in [-0.39, 0.29) is 6.61 Å². The SMILES string of the molecule is C#COC#COC#COCCC#CO.CO. The summed E-state index contributed by atoms with van der Waals surface area (Å²) < 4.78 is 13.3. The maximum absolute atomic E-state index is 8.06. The quantitative estimate of drug-likeness (QED) is 0.500. The molecule has 0 aromatic carbocycles. The molecule has 0 saturated carbocycles. The van der Waals surface area contributed by atoms with Gasteiger partial charge in [0.1, 0.15) is 18.8 Å². The molecule has 0 aliphatic heterocycles. The van der Waals surface area contributed by atoms with Crippen molar-refractivity contribution in [2.45, 2.75) is 6.42 Å². The third-order valence-electron chi connectivity index (χ3n) is 0.776. The predicted octanol–water partition coefficient (Wildman–Crippen LogP) is -0.204. The normalized spacial score (nSPS) is 5.31. The first-order valence-corrected chi connectivity index (χ1v) is 3.87. The topological polar surface area (TPSA) is 68.2 Å². The van der Waals surface area contributed by atoms with Crippen molar-refractivity contribution in [3.8, 4) is 49.0 Å². The van der Waals surface area contributed by atoms with Crippen molar-refractivity contribution < 1.29 is 24.4 Å². The zero-order valence-electron chi connectivity index (χ0n) is 8.61. The molecule has 0 aromatic heterocycles. The van der Waals surface area contributed by atoms with E-state index in [0.717, 1.165) is 7.11 Å². The van der Waals surface area contributed by atoms with Crippen molar-refractivity contribution in [1.82, 2.24) is 0 Å². The van der Waals surface area contributed by atoms with Gasteiger partial charge in [0.25, 0.3) is 0 Å².